The van der Waals surface area contributed by atoms with Gasteiger partial charge in [0.25, 0.3) is 0 Å². The second-order valence-electron chi connectivity index (χ2n) is 5.26. The first kappa shape index (κ1) is 16.0. The number of carbonyl (C=O) groups excluding carboxylic acids is 2. The Morgan fingerprint density at radius 2 is 1.91 bits per heavy atom. The Morgan fingerprint density at radius 1 is 1.18 bits per heavy atom. The van der Waals surface area contributed by atoms with Crippen LogP contribution in [-0.4, -0.2) is 24.5 Å². The molecule has 0 aliphatic carbocycles. The zero-order valence-corrected chi connectivity index (χ0v) is 12.5. The van der Waals surface area contributed by atoms with Crippen LogP contribution >= 0.6 is 0 Å². The predicted octanol–water partition coefficient (Wildman–Crippen LogP) is 0.260. The van der Waals surface area contributed by atoms with Crippen LogP contribution in [-0.2, 0) is 9.59 Å². The largest absolute Gasteiger partial charge is 0.544 e. The summed E-state index contributed by atoms with van der Waals surface area (Å²) in [4.78, 5) is 23.1. The van der Waals surface area contributed by atoms with Crippen LogP contribution in [0.1, 0.15) is 19.8 Å². The molecule has 2 rings (SSSR count). The van der Waals surface area contributed by atoms with Crippen molar-refractivity contribution in [3.05, 3.63) is 42.5 Å². The van der Waals surface area contributed by atoms with Crippen molar-refractivity contribution < 1.29 is 20.0 Å². The molecule has 2 aromatic carbocycles. The number of carbonyl (C=O) groups is 2. The zero-order valence-electron chi connectivity index (χ0n) is 12.5. The molecular weight excluding hydrogens is 280 g/mol. The summed E-state index contributed by atoms with van der Waals surface area (Å²) in [6.45, 7) is 2.61. The van der Waals surface area contributed by atoms with E-state index in [2.05, 4.69) is 5.32 Å². The van der Waals surface area contributed by atoms with Gasteiger partial charge in [-0.25, -0.2) is 0 Å². The van der Waals surface area contributed by atoms with Crippen molar-refractivity contribution in [2.24, 2.45) is 0 Å². The fraction of sp³-hybridized carbons (Fsp3) is 0.294. The van der Waals surface area contributed by atoms with Crippen LogP contribution in [0.5, 0.6) is 0 Å². The summed E-state index contributed by atoms with van der Waals surface area (Å²) in [5, 5.41) is 17.5. The highest BCUT2D eigenvalue weighted by atomic mass is 16.4. The second-order valence-corrected chi connectivity index (χ2v) is 5.26. The molecule has 22 heavy (non-hydrogen) atoms. The van der Waals surface area contributed by atoms with Crippen molar-refractivity contribution in [1.82, 2.24) is 0 Å². The van der Waals surface area contributed by atoms with Crippen LogP contribution in [0, 0.1) is 0 Å². The predicted molar refractivity (Wildman–Crippen MR) is 83.1 cm³/mol. The Labute approximate surface area is 129 Å². The molecule has 3 N–H and O–H groups in total. The van der Waals surface area contributed by atoms with E-state index in [1.807, 2.05) is 49.4 Å². The number of fused-ring (bicyclic) bond motifs is 1. The van der Waals surface area contributed by atoms with Gasteiger partial charge in [0, 0.05) is 5.69 Å². The molecular formula is C17H20N2O3. The fourth-order valence-electron chi connectivity index (χ4n) is 2.31. The van der Waals surface area contributed by atoms with E-state index < -0.39 is 12.0 Å². The molecule has 116 valence electrons. The van der Waals surface area contributed by atoms with Crippen LogP contribution in [0.15, 0.2) is 42.5 Å². The number of amides is 1. The number of hydrogen-bond donors (Lipinski definition) is 2. The summed E-state index contributed by atoms with van der Waals surface area (Å²) in [6, 6.07) is 12.6. The van der Waals surface area contributed by atoms with E-state index in [1.165, 1.54) is 0 Å². The first-order chi connectivity index (χ1) is 10.6. The van der Waals surface area contributed by atoms with E-state index in [9.17, 15) is 14.7 Å². The molecule has 1 atom stereocenters. The maximum atomic E-state index is 12.0. The summed E-state index contributed by atoms with van der Waals surface area (Å²) in [7, 11) is 0. The monoisotopic (exact) mass is 300 g/mol. The van der Waals surface area contributed by atoms with E-state index in [0.29, 0.717) is 12.2 Å². The molecule has 1 amide bonds. The number of nitrogens with two attached hydrogens (primary N) is 1. The Bertz CT molecular complexity index is 670. The maximum absolute atomic E-state index is 12.0. The zero-order chi connectivity index (χ0) is 15.9. The SMILES string of the molecule is CCC[NH2+][C@@H](CC(=O)Nc1ccc2ccccc2c1)C(=O)[O-]. The molecule has 0 saturated carbocycles. The van der Waals surface area contributed by atoms with E-state index in [4.69, 9.17) is 0 Å². The molecule has 0 fully saturated rings. The van der Waals surface area contributed by atoms with Gasteiger partial charge in [-0.05, 0) is 29.3 Å². The van der Waals surface area contributed by atoms with Gasteiger partial charge in [0.05, 0.1) is 18.9 Å². The molecule has 0 bridgehead atoms. The summed E-state index contributed by atoms with van der Waals surface area (Å²) in [5.74, 6) is -1.53. The first-order valence-electron chi connectivity index (χ1n) is 7.43. The number of nitrogens with one attached hydrogen (secondary N) is 1. The maximum Gasteiger partial charge on any atom is 0.230 e. The molecule has 0 unspecified atom stereocenters. The highest BCUT2D eigenvalue weighted by molar-refractivity contribution is 5.96. The number of carboxylic acid groups (broad SMARTS) is 1. The molecule has 2 aromatic rings. The number of benzene rings is 2. The third-order valence-electron chi connectivity index (χ3n) is 3.48. The van der Waals surface area contributed by atoms with E-state index in [1.54, 1.807) is 5.32 Å². The van der Waals surface area contributed by atoms with Gasteiger partial charge in [-0.1, -0.05) is 37.3 Å². The van der Waals surface area contributed by atoms with Crippen molar-refractivity contribution in [3.63, 3.8) is 0 Å². The van der Waals surface area contributed by atoms with Gasteiger partial charge in [-0.15, -0.1) is 0 Å². The van der Waals surface area contributed by atoms with Crippen LogP contribution in [0.2, 0.25) is 0 Å². The number of hydrogen-bond acceptors (Lipinski definition) is 3. The molecule has 0 radical (unpaired) electrons. The molecule has 0 saturated heterocycles. The molecule has 0 aliphatic heterocycles. The van der Waals surface area contributed by atoms with Crippen molar-refractivity contribution in [1.29, 1.82) is 0 Å². The smallest absolute Gasteiger partial charge is 0.230 e. The van der Waals surface area contributed by atoms with Crippen LogP contribution in [0.4, 0.5) is 5.69 Å². The minimum Gasteiger partial charge on any atom is -0.544 e. The Hall–Kier alpha value is -2.40. The van der Waals surface area contributed by atoms with Crippen molar-refractivity contribution in [2.75, 3.05) is 11.9 Å². The molecule has 0 aromatic heterocycles. The van der Waals surface area contributed by atoms with Gasteiger partial charge in [0.1, 0.15) is 6.04 Å². The Balaban J connectivity index is 2.01. The summed E-state index contributed by atoms with van der Waals surface area (Å²) < 4.78 is 0. The third kappa shape index (κ3) is 4.30. The van der Waals surface area contributed by atoms with Crippen molar-refractivity contribution in [2.45, 2.75) is 25.8 Å². The molecule has 5 nitrogen and oxygen atoms in total. The molecule has 0 spiro atoms. The standard InChI is InChI=1S/C17H20N2O3/c1-2-9-18-15(17(21)22)11-16(20)19-14-8-7-12-5-3-4-6-13(12)10-14/h3-8,10,15,18H,2,9,11H2,1H3,(H,19,20)(H,21,22)/t15-/m0/s1. The van der Waals surface area contributed by atoms with Gasteiger partial charge >= 0.3 is 0 Å². The van der Waals surface area contributed by atoms with Crippen LogP contribution < -0.4 is 15.7 Å². The lowest BCUT2D eigenvalue weighted by atomic mass is 10.1. The lowest BCUT2D eigenvalue weighted by Crippen LogP contribution is -2.93. The summed E-state index contributed by atoms with van der Waals surface area (Å²) in [6.07, 6.45) is 0.741. The fourth-order valence-corrected chi connectivity index (χ4v) is 2.31. The summed E-state index contributed by atoms with van der Waals surface area (Å²) in [5.41, 5.74) is 0.663. The minimum atomic E-state index is -1.21. The van der Waals surface area contributed by atoms with Crippen LogP contribution in [0.25, 0.3) is 10.8 Å². The number of carboxylic acids is 1. The average molecular weight is 300 g/mol. The van der Waals surface area contributed by atoms with Gasteiger partial charge in [0.15, 0.2) is 0 Å². The molecule has 5 heteroatoms. The average Bonchev–Trinajstić information content (AvgIpc) is 2.51. The lowest BCUT2D eigenvalue weighted by Gasteiger charge is -2.16. The first-order valence-corrected chi connectivity index (χ1v) is 7.43. The second kappa shape index (κ2) is 7.56. The minimum absolute atomic E-state index is 0.102. The Kier molecular flexibility index (Phi) is 5.49. The molecule has 0 heterocycles. The van der Waals surface area contributed by atoms with Crippen LogP contribution in [0.3, 0.4) is 0 Å². The van der Waals surface area contributed by atoms with Gasteiger partial charge in [0.2, 0.25) is 5.91 Å². The number of rotatable bonds is 7. The number of quaternary nitrogens is 1. The normalized spacial score (nSPS) is 12.0. The van der Waals surface area contributed by atoms with Gasteiger partial charge in [-0.3, -0.25) is 4.79 Å². The van der Waals surface area contributed by atoms with E-state index in [-0.39, 0.29) is 12.3 Å². The highest BCUT2D eigenvalue weighted by Crippen LogP contribution is 2.18. The van der Waals surface area contributed by atoms with E-state index >= 15 is 0 Å². The highest BCUT2D eigenvalue weighted by Gasteiger charge is 2.17. The van der Waals surface area contributed by atoms with Crippen molar-refractivity contribution in [3.8, 4) is 0 Å². The lowest BCUT2D eigenvalue weighted by molar-refractivity contribution is -0.682. The number of aliphatic carboxylic acids is 1. The number of anilines is 1. The Morgan fingerprint density at radius 3 is 2.59 bits per heavy atom. The topological polar surface area (TPSA) is 85.8 Å². The molecule has 0 aliphatic rings. The quantitative estimate of drug-likeness (QED) is 0.769. The van der Waals surface area contributed by atoms with E-state index in [0.717, 1.165) is 17.2 Å². The van der Waals surface area contributed by atoms with Gasteiger partial charge < -0.3 is 20.5 Å². The van der Waals surface area contributed by atoms with Gasteiger partial charge in [-0.2, -0.15) is 0 Å². The third-order valence-corrected chi connectivity index (χ3v) is 3.48. The summed E-state index contributed by atoms with van der Waals surface area (Å²) >= 11 is 0. The van der Waals surface area contributed by atoms with Crippen molar-refractivity contribution >= 4 is 28.3 Å².